The zero-order valence-electron chi connectivity index (χ0n) is 16.3. The van der Waals surface area contributed by atoms with Crippen LogP contribution in [0.25, 0.3) is 12.2 Å². The van der Waals surface area contributed by atoms with E-state index < -0.39 is 24.5 Å². The van der Waals surface area contributed by atoms with Gasteiger partial charge >= 0.3 is 79.4 Å². The number of hydrogen-bond acceptors (Lipinski definition) is 5. The van der Waals surface area contributed by atoms with Crippen molar-refractivity contribution in [3.8, 4) is 0 Å². The van der Waals surface area contributed by atoms with Crippen molar-refractivity contribution in [2.24, 2.45) is 0 Å². The molecule has 0 bridgehead atoms. The molecule has 0 aliphatic carbocycles. The van der Waals surface area contributed by atoms with Gasteiger partial charge in [0.05, 0.1) is 0 Å². The van der Waals surface area contributed by atoms with Crippen molar-refractivity contribution in [1.82, 2.24) is 0 Å². The molecule has 0 saturated carbocycles. The summed E-state index contributed by atoms with van der Waals surface area (Å²) in [6.45, 7) is 0. The van der Waals surface area contributed by atoms with Gasteiger partial charge < -0.3 is 7.04 Å². The SMILES string of the molecule is O=S(=O)(O)C(=Cc1ccccc1)S(=O)(=O)OC=Cc1ccccc1.[H-].[H-].[Na+].[Na+]. The smallest absolute Gasteiger partial charge is 1.00 e. The van der Waals surface area contributed by atoms with Crippen LogP contribution < -0.4 is 59.1 Å². The third kappa shape index (κ3) is 8.08. The minimum Gasteiger partial charge on any atom is -1.00 e. The minimum absolute atomic E-state index is 0. The van der Waals surface area contributed by atoms with Crippen LogP contribution in [0.2, 0.25) is 0 Å². The van der Waals surface area contributed by atoms with Crippen molar-refractivity contribution < 1.29 is 87.5 Å². The Morgan fingerprint density at radius 1 is 0.846 bits per heavy atom. The van der Waals surface area contributed by atoms with Gasteiger partial charge in [-0.1, -0.05) is 60.7 Å². The Balaban J connectivity index is -0.00000156. The maximum Gasteiger partial charge on any atom is 1.00 e. The predicted octanol–water partition coefficient (Wildman–Crippen LogP) is -2.88. The summed E-state index contributed by atoms with van der Waals surface area (Å²) >= 11 is 0. The number of benzene rings is 2. The fraction of sp³-hybridized carbons (Fsp3) is 0. The Morgan fingerprint density at radius 2 is 1.31 bits per heavy atom. The molecular formula is C16H16Na2O6S2. The largest absolute Gasteiger partial charge is 1.00 e. The summed E-state index contributed by atoms with van der Waals surface area (Å²) in [6.07, 6.45) is 3.01. The van der Waals surface area contributed by atoms with E-state index in [2.05, 4.69) is 4.18 Å². The van der Waals surface area contributed by atoms with Crippen molar-refractivity contribution in [2.75, 3.05) is 0 Å². The fourth-order valence-electron chi connectivity index (χ4n) is 1.75. The molecule has 0 fully saturated rings. The molecule has 1 N–H and O–H groups in total. The van der Waals surface area contributed by atoms with Gasteiger partial charge in [0.25, 0.3) is 0 Å². The predicted molar refractivity (Wildman–Crippen MR) is 93.7 cm³/mol. The summed E-state index contributed by atoms with van der Waals surface area (Å²) < 4.78 is 59.6. The summed E-state index contributed by atoms with van der Waals surface area (Å²) in [5.74, 6) is 0. The molecule has 0 unspecified atom stereocenters. The van der Waals surface area contributed by atoms with Gasteiger partial charge in [0, 0.05) is 0 Å². The van der Waals surface area contributed by atoms with Crippen molar-refractivity contribution in [1.29, 1.82) is 0 Å². The maximum atomic E-state index is 12.1. The summed E-state index contributed by atoms with van der Waals surface area (Å²) in [5, 5.41) is 0. The van der Waals surface area contributed by atoms with E-state index in [0.717, 1.165) is 12.3 Å². The summed E-state index contributed by atoms with van der Waals surface area (Å²) in [7, 11) is -9.71. The molecule has 10 heteroatoms. The topological polar surface area (TPSA) is 97.7 Å². The molecule has 0 spiro atoms. The molecule has 0 amide bonds. The van der Waals surface area contributed by atoms with E-state index in [1.807, 2.05) is 0 Å². The first-order valence-corrected chi connectivity index (χ1v) is 9.53. The Morgan fingerprint density at radius 3 is 1.77 bits per heavy atom. The molecule has 0 aromatic heterocycles. The zero-order chi connectivity index (χ0) is 17.6. The average molecular weight is 414 g/mol. The van der Waals surface area contributed by atoms with E-state index >= 15 is 0 Å². The molecule has 0 aliphatic heterocycles. The number of hydrogen-bond donors (Lipinski definition) is 1. The van der Waals surface area contributed by atoms with Crippen molar-refractivity contribution >= 4 is 32.4 Å². The minimum atomic E-state index is -5.00. The van der Waals surface area contributed by atoms with Crippen LogP contribution in [0, 0.1) is 0 Å². The van der Waals surface area contributed by atoms with Crippen LogP contribution in [0.1, 0.15) is 14.0 Å². The van der Waals surface area contributed by atoms with E-state index in [0.29, 0.717) is 5.56 Å². The maximum absolute atomic E-state index is 12.1. The average Bonchev–Trinajstić information content (AvgIpc) is 2.53. The Kier molecular flexibility index (Phi) is 11.2. The molecule has 0 aliphatic rings. The second-order valence-corrected chi connectivity index (χ2v) is 7.80. The molecule has 2 rings (SSSR count). The summed E-state index contributed by atoms with van der Waals surface area (Å²) in [5.41, 5.74) is 0.942. The molecule has 0 radical (unpaired) electrons. The van der Waals surface area contributed by atoms with E-state index in [1.165, 1.54) is 18.2 Å². The van der Waals surface area contributed by atoms with Gasteiger partial charge in [-0.25, -0.2) is 0 Å². The molecule has 26 heavy (non-hydrogen) atoms. The second-order valence-electron chi connectivity index (χ2n) is 4.61. The third-order valence-electron chi connectivity index (χ3n) is 2.83. The summed E-state index contributed by atoms with van der Waals surface area (Å²) in [4.78, 5) is 0. The molecule has 2 aromatic carbocycles. The van der Waals surface area contributed by atoms with Crippen LogP contribution in [0.5, 0.6) is 0 Å². The van der Waals surface area contributed by atoms with Crippen LogP contribution in [0.4, 0.5) is 0 Å². The zero-order valence-corrected chi connectivity index (χ0v) is 19.9. The van der Waals surface area contributed by atoms with Gasteiger partial charge in [-0.05, 0) is 23.3 Å². The fourth-order valence-corrected chi connectivity index (χ4v) is 3.76. The van der Waals surface area contributed by atoms with Crippen molar-refractivity contribution in [2.45, 2.75) is 0 Å². The second kappa shape index (κ2) is 11.4. The first-order chi connectivity index (χ1) is 11.3. The van der Waals surface area contributed by atoms with Crippen molar-refractivity contribution in [3.05, 3.63) is 82.3 Å². The molecule has 0 atom stereocenters. The van der Waals surface area contributed by atoms with Gasteiger partial charge in [-0.15, -0.1) is 0 Å². The molecule has 130 valence electrons. The van der Waals surface area contributed by atoms with Gasteiger partial charge in [0.1, 0.15) is 6.26 Å². The molecule has 2 aromatic rings. The van der Waals surface area contributed by atoms with Gasteiger partial charge in [0.2, 0.25) is 4.24 Å². The molecular weight excluding hydrogens is 398 g/mol. The normalized spacial score (nSPS) is 12.1. The van der Waals surface area contributed by atoms with Gasteiger partial charge in [0.15, 0.2) is 0 Å². The van der Waals surface area contributed by atoms with Crippen molar-refractivity contribution in [3.63, 3.8) is 0 Å². The monoisotopic (exact) mass is 414 g/mol. The summed E-state index contributed by atoms with van der Waals surface area (Å²) in [6, 6.07) is 16.5. The quantitative estimate of drug-likeness (QED) is 0.236. The van der Waals surface area contributed by atoms with E-state index in [4.69, 9.17) is 0 Å². The van der Waals surface area contributed by atoms with Crippen LogP contribution in [-0.2, 0) is 24.4 Å². The van der Waals surface area contributed by atoms with E-state index in [9.17, 15) is 21.4 Å². The molecule has 6 nitrogen and oxygen atoms in total. The van der Waals surface area contributed by atoms with Gasteiger partial charge in [-0.3, -0.25) is 4.55 Å². The van der Waals surface area contributed by atoms with Gasteiger partial charge in [-0.2, -0.15) is 16.8 Å². The third-order valence-corrected chi connectivity index (χ3v) is 5.67. The van der Waals surface area contributed by atoms with E-state index in [-0.39, 0.29) is 67.5 Å². The first-order valence-electron chi connectivity index (χ1n) is 6.68. The van der Waals surface area contributed by atoms with E-state index in [1.54, 1.807) is 48.5 Å². The Bertz CT molecular complexity index is 965. The molecule has 0 heterocycles. The van der Waals surface area contributed by atoms with Crippen LogP contribution in [0.3, 0.4) is 0 Å². The standard InChI is InChI=1S/C16H14O6S2.2Na.2H/c17-23(18,19)16(13-15-9-5-2-6-10-15)24(20,21)22-12-11-14-7-3-1-4-8-14;;;;/h1-13H,(H,17,18,19);;;;/q;2*+1;2*-1. The van der Waals surface area contributed by atoms with Crippen LogP contribution in [-0.4, -0.2) is 21.4 Å². The Hall–Kier alpha value is -0.420. The van der Waals surface area contributed by atoms with Crippen LogP contribution >= 0.6 is 0 Å². The Labute approximate surface area is 200 Å². The first kappa shape index (κ1) is 25.6. The molecule has 0 saturated heterocycles. The number of rotatable bonds is 6. The van der Waals surface area contributed by atoms with Crippen LogP contribution in [0.15, 0.2) is 71.2 Å².